The Morgan fingerprint density at radius 3 is 2.79 bits per heavy atom. The van der Waals surface area contributed by atoms with Gasteiger partial charge in [-0.3, -0.25) is 9.69 Å². The number of nitrogens with one attached hydrogen (secondary N) is 3. The first kappa shape index (κ1) is 16.8. The highest BCUT2D eigenvalue weighted by atomic mass is 16.2. The Hall–Kier alpha value is -2.08. The van der Waals surface area contributed by atoms with Crippen LogP contribution in [0.1, 0.15) is 37.3 Å². The van der Waals surface area contributed by atoms with Crippen molar-refractivity contribution in [2.45, 2.75) is 51.4 Å². The van der Waals surface area contributed by atoms with Crippen molar-refractivity contribution in [3.8, 4) is 0 Å². The normalized spacial score (nSPS) is 24.3. The van der Waals surface area contributed by atoms with Gasteiger partial charge in [0.25, 0.3) is 0 Å². The molecule has 3 N–H and O–H groups in total. The van der Waals surface area contributed by atoms with E-state index >= 15 is 0 Å². The van der Waals surface area contributed by atoms with Crippen LogP contribution in [-0.2, 0) is 17.9 Å². The minimum Gasteiger partial charge on any atom is -0.350 e. The van der Waals surface area contributed by atoms with E-state index in [0.717, 1.165) is 18.7 Å². The third-order valence-electron chi connectivity index (χ3n) is 4.97. The molecule has 1 aromatic carbocycles. The van der Waals surface area contributed by atoms with E-state index in [1.165, 1.54) is 24.8 Å². The highest BCUT2D eigenvalue weighted by Crippen LogP contribution is 2.20. The molecule has 0 aliphatic carbocycles. The Bertz CT molecular complexity index is 604. The molecule has 2 aliphatic heterocycles. The Morgan fingerprint density at radius 2 is 2.08 bits per heavy atom. The molecule has 0 radical (unpaired) electrons. The van der Waals surface area contributed by atoms with E-state index in [4.69, 9.17) is 0 Å². The summed E-state index contributed by atoms with van der Waals surface area (Å²) in [6, 6.07) is 8.11. The number of carbonyl (C=O) groups is 2. The van der Waals surface area contributed by atoms with Crippen molar-refractivity contribution < 1.29 is 9.59 Å². The zero-order valence-electron chi connectivity index (χ0n) is 14.2. The molecule has 130 valence electrons. The molecule has 0 spiro atoms. The van der Waals surface area contributed by atoms with Gasteiger partial charge in [0.05, 0.1) is 0 Å². The average Bonchev–Trinajstić information content (AvgIpc) is 3.02. The summed E-state index contributed by atoms with van der Waals surface area (Å²) in [6.07, 6.45) is 3.83. The van der Waals surface area contributed by atoms with Crippen LogP contribution in [0.5, 0.6) is 0 Å². The predicted molar refractivity (Wildman–Crippen MR) is 92.3 cm³/mol. The molecule has 6 nitrogen and oxygen atoms in total. The first-order valence-corrected chi connectivity index (χ1v) is 8.76. The summed E-state index contributed by atoms with van der Waals surface area (Å²) in [5, 5.41) is 8.15. The van der Waals surface area contributed by atoms with Crippen molar-refractivity contribution in [1.82, 2.24) is 20.9 Å². The van der Waals surface area contributed by atoms with E-state index in [9.17, 15) is 9.59 Å². The highest BCUT2D eigenvalue weighted by molar-refractivity contribution is 5.90. The van der Waals surface area contributed by atoms with Gasteiger partial charge < -0.3 is 16.0 Å². The number of benzene rings is 1. The predicted octanol–water partition coefficient (Wildman–Crippen LogP) is 1.36. The second kappa shape index (κ2) is 7.66. The maximum atomic E-state index is 12.1. The largest absolute Gasteiger partial charge is 0.350 e. The van der Waals surface area contributed by atoms with E-state index in [2.05, 4.69) is 46.0 Å². The van der Waals surface area contributed by atoms with Gasteiger partial charge in [-0.2, -0.15) is 0 Å². The molecule has 0 bridgehead atoms. The summed E-state index contributed by atoms with van der Waals surface area (Å²) in [7, 11) is 0. The molecule has 2 heterocycles. The van der Waals surface area contributed by atoms with Crippen molar-refractivity contribution in [1.29, 1.82) is 0 Å². The fourth-order valence-electron chi connectivity index (χ4n) is 3.41. The zero-order valence-corrected chi connectivity index (χ0v) is 14.2. The molecular formula is C18H26N4O2. The van der Waals surface area contributed by atoms with Gasteiger partial charge in [0.1, 0.15) is 6.04 Å². The van der Waals surface area contributed by atoms with Crippen LogP contribution in [-0.4, -0.2) is 42.0 Å². The third kappa shape index (κ3) is 4.06. The Kier molecular flexibility index (Phi) is 5.35. The number of likely N-dealkylation sites (tertiary alicyclic amines) is 1. The summed E-state index contributed by atoms with van der Waals surface area (Å²) in [5.41, 5.74) is 2.40. The quantitative estimate of drug-likeness (QED) is 0.763. The van der Waals surface area contributed by atoms with Crippen molar-refractivity contribution >= 4 is 11.9 Å². The van der Waals surface area contributed by atoms with Crippen LogP contribution >= 0.6 is 0 Å². The van der Waals surface area contributed by atoms with Gasteiger partial charge in [0, 0.05) is 25.7 Å². The fourth-order valence-corrected chi connectivity index (χ4v) is 3.41. The molecule has 6 heteroatoms. The Morgan fingerprint density at radius 1 is 1.29 bits per heavy atom. The van der Waals surface area contributed by atoms with Gasteiger partial charge in [0.2, 0.25) is 5.91 Å². The molecule has 2 fully saturated rings. The van der Waals surface area contributed by atoms with Crippen LogP contribution in [0.3, 0.4) is 0 Å². The van der Waals surface area contributed by atoms with E-state index in [1.807, 2.05) is 6.07 Å². The van der Waals surface area contributed by atoms with Crippen LogP contribution in [0.4, 0.5) is 4.79 Å². The van der Waals surface area contributed by atoms with Crippen molar-refractivity contribution in [3.05, 3.63) is 35.4 Å². The molecule has 3 amide bonds. The maximum Gasteiger partial charge on any atom is 0.315 e. The van der Waals surface area contributed by atoms with Crippen LogP contribution in [0.15, 0.2) is 24.3 Å². The molecule has 24 heavy (non-hydrogen) atoms. The maximum absolute atomic E-state index is 12.1. The van der Waals surface area contributed by atoms with E-state index in [1.54, 1.807) is 0 Å². The van der Waals surface area contributed by atoms with Crippen molar-refractivity contribution in [2.24, 2.45) is 0 Å². The standard InChI is InChI=1S/C18H26N4O2/c1-13-6-4-5-9-22(13)12-15-8-3-2-7-14(15)10-19-17(23)16-11-20-18(24)21-16/h2-3,7-8,13,16H,4-6,9-12H2,1H3,(H,19,23)(H2,20,21,24). The summed E-state index contributed by atoms with van der Waals surface area (Å²) in [5.74, 6) is -0.144. The molecular weight excluding hydrogens is 304 g/mol. The monoisotopic (exact) mass is 330 g/mol. The molecule has 3 rings (SSSR count). The van der Waals surface area contributed by atoms with Crippen molar-refractivity contribution in [2.75, 3.05) is 13.1 Å². The minimum absolute atomic E-state index is 0.144. The topological polar surface area (TPSA) is 73.5 Å². The first-order chi connectivity index (χ1) is 11.6. The lowest BCUT2D eigenvalue weighted by Gasteiger charge is -2.33. The number of urea groups is 1. The number of hydrogen-bond acceptors (Lipinski definition) is 3. The van der Waals surface area contributed by atoms with Crippen molar-refractivity contribution in [3.63, 3.8) is 0 Å². The minimum atomic E-state index is -0.480. The Balaban J connectivity index is 1.59. The van der Waals surface area contributed by atoms with E-state index in [-0.39, 0.29) is 11.9 Å². The molecule has 1 aromatic rings. The molecule has 2 aliphatic rings. The molecule has 2 unspecified atom stereocenters. The zero-order chi connectivity index (χ0) is 16.9. The SMILES string of the molecule is CC1CCCCN1Cc1ccccc1CNC(=O)C1CNC(=O)N1. The van der Waals surface area contributed by atoms with Crippen LogP contribution < -0.4 is 16.0 Å². The second-order valence-corrected chi connectivity index (χ2v) is 6.71. The summed E-state index contributed by atoms with van der Waals surface area (Å²) >= 11 is 0. The van der Waals surface area contributed by atoms with Gasteiger partial charge in [0.15, 0.2) is 0 Å². The van der Waals surface area contributed by atoms with Gasteiger partial charge in [-0.05, 0) is 37.4 Å². The highest BCUT2D eigenvalue weighted by Gasteiger charge is 2.26. The molecule has 2 atom stereocenters. The van der Waals surface area contributed by atoms with E-state index in [0.29, 0.717) is 19.1 Å². The second-order valence-electron chi connectivity index (χ2n) is 6.71. The smallest absolute Gasteiger partial charge is 0.315 e. The lowest BCUT2D eigenvalue weighted by atomic mass is 10.0. The lowest BCUT2D eigenvalue weighted by Crippen LogP contribution is -2.42. The molecule has 0 aromatic heterocycles. The number of rotatable bonds is 5. The third-order valence-corrected chi connectivity index (χ3v) is 4.97. The van der Waals surface area contributed by atoms with Gasteiger partial charge >= 0.3 is 6.03 Å². The average molecular weight is 330 g/mol. The summed E-state index contributed by atoms with van der Waals surface area (Å²) in [6.45, 7) is 5.19. The molecule has 2 saturated heterocycles. The van der Waals surface area contributed by atoms with Gasteiger partial charge in [-0.15, -0.1) is 0 Å². The van der Waals surface area contributed by atoms with Crippen LogP contribution in [0.25, 0.3) is 0 Å². The summed E-state index contributed by atoms with van der Waals surface area (Å²) in [4.78, 5) is 25.8. The number of carbonyl (C=O) groups excluding carboxylic acids is 2. The Labute approximate surface area is 143 Å². The van der Waals surface area contributed by atoms with Gasteiger partial charge in [-0.1, -0.05) is 30.7 Å². The molecule has 0 saturated carbocycles. The number of amides is 3. The number of nitrogens with zero attached hydrogens (tertiary/aromatic N) is 1. The van der Waals surface area contributed by atoms with Gasteiger partial charge in [-0.25, -0.2) is 4.79 Å². The number of piperidine rings is 1. The first-order valence-electron chi connectivity index (χ1n) is 8.76. The van der Waals surface area contributed by atoms with E-state index < -0.39 is 6.04 Å². The van der Waals surface area contributed by atoms with Crippen LogP contribution in [0, 0.1) is 0 Å². The fraction of sp³-hybridized carbons (Fsp3) is 0.556. The summed E-state index contributed by atoms with van der Waals surface area (Å²) < 4.78 is 0. The lowest BCUT2D eigenvalue weighted by molar-refractivity contribution is -0.122. The number of hydrogen-bond donors (Lipinski definition) is 3. The van der Waals surface area contributed by atoms with Crippen LogP contribution in [0.2, 0.25) is 0 Å².